The largest absolute Gasteiger partial charge is 0.314 e. The van der Waals surface area contributed by atoms with Gasteiger partial charge in [-0.2, -0.15) is 5.06 Å². The van der Waals surface area contributed by atoms with E-state index in [0.29, 0.717) is 0 Å². The monoisotopic (exact) mass is 327 g/mol. The van der Waals surface area contributed by atoms with Crippen LogP contribution in [0.5, 0.6) is 0 Å². The maximum Gasteiger partial charge on any atom is 0.0238 e. The molecule has 0 radical (unpaired) electrons. The third kappa shape index (κ3) is 19.9. The first kappa shape index (κ1) is 22.9. The Morgan fingerprint density at radius 2 is 0.696 bits per heavy atom. The van der Waals surface area contributed by atoms with E-state index in [9.17, 15) is 5.21 Å². The van der Waals surface area contributed by atoms with E-state index in [-0.39, 0.29) is 0 Å². The maximum absolute atomic E-state index is 9.85. The molecule has 0 rings (SSSR count). The van der Waals surface area contributed by atoms with E-state index < -0.39 is 0 Å². The van der Waals surface area contributed by atoms with Gasteiger partial charge in [0.05, 0.1) is 0 Å². The molecule has 1 N–H and O–H groups in total. The predicted octanol–water partition coefficient (Wildman–Crippen LogP) is 7.35. The normalized spacial score (nSPS) is 11.5. The average molecular weight is 328 g/mol. The van der Waals surface area contributed by atoms with Crippen LogP contribution >= 0.6 is 0 Å². The summed E-state index contributed by atoms with van der Waals surface area (Å²) in [5.74, 6) is 0. The Morgan fingerprint density at radius 3 is 1.00 bits per heavy atom. The van der Waals surface area contributed by atoms with Crippen molar-refractivity contribution in [3.8, 4) is 0 Å². The molecular weight excluding hydrogens is 282 g/mol. The molecule has 0 aromatic carbocycles. The number of nitrogens with zero attached hydrogens (tertiary/aromatic N) is 1. The standard InChI is InChI=1S/C21H45NO/c1-3-5-7-9-11-13-15-17-19-21-22(23)20-18-16-14-12-10-8-6-4-2/h23H,3-21H2,1-2H3. The molecule has 0 aromatic rings. The molecule has 0 unspecified atom stereocenters. The van der Waals surface area contributed by atoms with Crippen LogP contribution in [-0.4, -0.2) is 23.4 Å². The fourth-order valence-corrected chi connectivity index (χ4v) is 3.14. The molecule has 2 nitrogen and oxygen atoms in total. The third-order valence-corrected chi connectivity index (χ3v) is 4.79. The molecule has 0 aliphatic heterocycles. The van der Waals surface area contributed by atoms with Crippen molar-refractivity contribution in [2.45, 2.75) is 123 Å². The topological polar surface area (TPSA) is 23.5 Å². The molecule has 140 valence electrons. The Labute approximate surface area is 147 Å². The van der Waals surface area contributed by atoms with Gasteiger partial charge in [0, 0.05) is 13.1 Å². The van der Waals surface area contributed by atoms with Crippen molar-refractivity contribution < 1.29 is 5.21 Å². The van der Waals surface area contributed by atoms with E-state index in [1.807, 2.05) is 0 Å². The summed E-state index contributed by atoms with van der Waals surface area (Å²) in [5.41, 5.74) is 0. The smallest absolute Gasteiger partial charge is 0.0238 e. The van der Waals surface area contributed by atoms with E-state index in [1.165, 1.54) is 96.3 Å². The molecule has 0 aromatic heterocycles. The van der Waals surface area contributed by atoms with E-state index in [0.717, 1.165) is 25.9 Å². The van der Waals surface area contributed by atoms with Gasteiger partial charge in [-0.05, 0) is 12.8 Å². The highest BCUT2D eigenvalue weighted by Crippen LogP contribution is 2.11. The summed E-state index contributed by atoms with van der Waals surface area (Å²) < 4.78 is 0. The van der Waals surface area contributed by atoms with Gasteiger partial charge in [-0.25, -0.2) is 0 Å². The van der Waals surface area contributed by atoms with Gasteiger partial charge in [0.15, 0.2) is 0 Å². The van der Waals surface area contributed by atoms with Crippen LogP contribution in [0.4, 0.5) is 0 Å². The van der Waals surface area contributed by atoms with E-state index >= 15 is 0 Å². The minimum Gasteiger partial charge on any atom is -0.314 e. The van der Waals surface area contributed by atoms with Crippen LogP contribution in [0.15, 0.2) is 0 Å². The molecule has 0 saturated carbocycles. The van der Waals surface area contributed by atoms with Gasteiger partial charge < -0.3 is 5.21 Å². The highest BCUT2D eigenvalue weighted by atomic mass is 16.5. The number of rotatable bonds is 19. The molecular formula is C21H45NO. The lowest BCUT2D eigenvalue weighted by atomic mass is 10.1. The van der Waals surface area contributed by atoms with Crippen molar-refractivity contribution in [2.75, 3.05) is 13.1 Å². The highest BCUT2D eigenvalue weighted by Gasteiger charge is 2.00. The van der Waals surface area contributed by atoms with Gasteiger partial charge in [0.1, 0.15) is 0 Å². The Kier molecular flexibility index (Phi) is 19.9. The van der Waals surface area contributed by atoms with Gasteiger partial charge in [0.25, 0.3) is 0 Å². The lowest BCUT2D eigenvalue weighted by Gasteiger charge is -2.14. The number of hydrogen-bond donors (Lipinski definition) is 1. The van der Waals surface area contributed by atoms with Gasteiger partial charge in [0.2, 0.25) is 0 Å². The summed E-state index contributed by atoms with van der Waals surface area (Å²) >= 11 is 0. The zero-order chi connectivity index (χ0) is 17.0. The minimum absolute atomic E-state index is 0.867. The lowest BCUT2D eigenvalue weighted by Crippen LogP contribution is -2.21. The summed E-state index contributed by atoms with van der Waals surface area (Å²) in [5, 5.41) is 11.4. The molecule has 0 aliphatic rings. The van der Waals surface area contributed by atoms with Crippen LogP contribution < -0.4 is 0 Å². The minimum atomic E-state index is 0.867. The summed E-state index contributed by atoms with van der Waals surface area (Å²) in [6.45, 7) is 6.27. The van der Waals surface area contributed by atoms with Crippen LogP contribution in [-0.2, 0) is 0 Å². The number of hydroxylamine groups is 2. The van der Waals surface area contributed by atoms with Crippen molar-refractivity contribution in [1.82, 2.24) is 5.06 Å². The Balaban J connectivity index is 3.11. The fraction of sp³-hybridized carbons (Fsp3) is 1.00. The molecule has 0 atom stereocenters. The maximum atomic E-state index is 9.85. The van der Waals surface area contributed by atoms with E-state index in [2.05, 4.69) is 13.8 Å². The number of unbranched alkanes of at least 4 members (excludes halogenated alkanes) is 15. The molecule has 23 heavy (non-hydrogen) atoms. The highest BCUT2D eigenvalue weighted by molar-refractivity contribution is 4.52. The quantitative estimate of drug-likeness (QED) is 0.198. The fourth-order valence-electron chi connectivity index (χ4n) is 3.14. The Hall–Kier alpha value is -0.0800. The molecule has 0 heterocycles. The van der Waals surface area contributed by atoms with Crippen molar-refractivity contribution in [1.29, 1.82) is 0 Å². The van der Waals surface area contributed by atoms with Gasteiger partial charge in [-0.1, -0.05) is 110 Å². The molecule has 2 heteroatoms. The average Bonchev–Trinajstić information content (AvgIpc) is 2.56. The third-order valence-electron chi connectivity index (χ3n) is 4.79. The summed E-state index contributed by atoms with van der Waals surface area (Å²) in [6, 6.07) is 0. The van der Waals surface area contributed by atoms with E-state index in [1.54, 1.807) is 5.06 Å². The first-order chi connectivity index (χ1) is 11.3. The number of hydrogen-bond acceptors (Lipinski definition) is 2. The van der Waals surface area contributed by atoms with Gasteiger partial charge in [-0.3, -0.25) is 0 Å². The second-order valence-electron chi connectivity index (χ2n) is 7.26. The van der Waals surface area contributed by atoms with Crippen LogP contribution in [0.25, 0.3) is 0 Å². The molecule has 0 bridgehead atoms. The van der Waals surface area contributed by atoms with Crippen molar-refractivity contribution >= 4 is 0 Å². The summed E-state index contributed by atoms with van der Waals surface area (Å²) in [4.78, 5) is 0. The molecule has 0 aliphatic carbocycles. The van der Waals surface area contributed by atoms with Gasteiger partial charge >= 0.3 is 0 Å². The Morgan fingerprint density at radius 1 is 0.435 bits per heavy atom. The van der Waals surface area contributed by atoms with Crippen LogP contribution in [0.3, 0.4) is 0 Å². The zero-order valence-corrected chi connectivity index (χ0v) is 16.3. The molecule has 0 fully saturated rings. The van der Waals surface area contributed by atoms with Crippen LogP contribution in [0.2, 0.25) is 0 Å². The van der Waals surface area contributed by atoms with Gasteiger partial charge in [-0.15, -0.1) is 0 Å². The second kappa shape index (κ2) is 20.0. The van der Waals surface area contributed by atoms with Crippen LogP contribution in [0.1, 0.15) is 123 Å². The second-order valence-corrected chi connectivity index (χ2v) is 7.26. The van der Waals surface area contributed by atoms with Crippen molar-refractivity contribution in [3.05, 3.63) is 0 Å². The zero-order valence-electron chi connectivity index (χ0n) is 16.3. The van der Waals surface area contributed by atoms with Crippen LogP contribution in [0, 0.1) is 0 Å². The predicted molar refractivity (Wildman–Crippen MR) is 103 cm³/mol. The lowest BCUT2D eigenvalue weighted by molar-refractivity contribution is -0.0925. The molecule has 0 spiro atoms. The summed E-state index contributed by atoms with van der Waals surface area (Å²) in [7, 11) is 0. The van der Waals surface area contributed by atoms with E-state index in [4.69, 9.17) is 0 Å². The van der Waals surface area contributed by atoms with Crippen molar-refractivity contribution in [3.63, 3.8) is 0 Å². The Bertz CT molecular complexity index is 208. The molecule has 0 amide bonds. The first-order valence-electron chi connectivity index (χ1n) is 10.7. The summed E-state index contributed by atoms with van der Waals surface area (Å²) in [6.07, 6.45) is 22.8. The SMILES string of the molecule is CCCCCCCCCCCN(O)CCCCCCCCCC. The molecule has 0 saturated heterocycles. The van der Waals surface area contributed by atoms with Crippen molar-refractivity contribution in [2.24, 2.45) is 0 Å². The first-order valence-corrected chi connectivity index (χ1v) is 10.7.